The number of carbonyl (C=O) groups excluding carboxylic acids is 1. The molecule has 0 radical (unpaired) electrons. The maximum Gasteiger partial charge on any atom is 0.358 e. The number of nitrogens with zero attached hydrogens (tertiary/aromatic N) is 3. The van der Waals surface area contributed by atoms with E-state index in [1.807, 2.05) is 59.5 Å². The van der Waals surface area contributed by atoms with E-state index >= 15 is 0 Å². The molecule has 5 nitrogen and oxygen atoms in total. The first-order valence-corrected chi connectivity index (χ1v) is 10.0. The Bertz CT molecular complexity index is 1020. The van der Waals surface area contributed by atoms with Crippen LogP contribution >= 0.6 is 23.2 Å². The maximum absolute atomic E-state index is 12.3. The first-order chi connectivity index (χ1) is 14.1. The molecule has 0 unspecified atom stereocenters. The van der Waals surface area contributed by atoms with E-state index in [0.29, 0.717) is 23.2 Å². The van der Waals surface area contributed by atoms with Crippen LogP contribution in [0.25, 0.3) is 0 Å². The Balaban J connectivity index is 1.85. The van der Waals surface area contributed by atoms with Gasteiger partial charge in [-0.1, -0.05) is 53.5 Å². The third-order valence-corrected chi connectivity index (χ3v) is 5.35. The van der Waals surface area contributed by atoms with Crippen molar-refractivity contribution in [2.24, 2.45) is 0 Å². The molecular formula is C22H19Cl2N3O2. The minimum atomic E-state index is -0.573. The van der Waals surface area contributed by atoms with Gasteiger partial charge in [0.15, 0.2) is 11.5 Å². The lowest BCUT2D eigenvalue weighted by Crippen LogP contribution is -2.21. The van der Waals surface area contributed by atoms with Crippen LogP contribution in [-0.2, 0) is 11.3 Å². The highest BCUT2D eigenvalue weighted by molar-refractivity contribution is 6.35. The van der Waals surface area contributed by atoms with Gasteiger partial charge in [-0.05, 0) is 42.7 Å². The molecule has 0 N–H and O–H groups in total. The Morgan fingerprint density at radius 1 is 1.07 bits per heavy atom. The van der Waals surface area contributed by atoms with E-state index in [0.717, 1.165) is 24.1 Å². The Kier molecular flexibility index (Phi) is 5.69. The van der Waals surface area contributed by atoms with Crippen LogP contribution in [0.15, 0.2) is 54.6 Å². The van der Waals surface area contributed by atoms with Crippen molar-refractivity contribution in [3.63, 3.8) is 0 Å². The Morgan fingerprint density at radius 2 is 1.76 bits per heavy atom. The fourth-order valence-corrected chi connectivity index (χ4v) is 3.45. The number of ether oxygens (including phenoxy) is 1. The average Bonchev–Trinajstić information content (AvgIpc) is 3.59. The number of hydrogen-bond acceptors (Lipinski definition) is 5. The number of methoxy groups -OCH3 is 1. The average molecular weight is 428 g/mol. The second-order valence-corrected chi connectivity index (χ2v) is 7.70. The lowest BCUT2D eigenvalue weighted by molar-refractivity contribution is 0.0593. The van der Waals surface area contributed by atoms with Gasteiger partial charge in [-0.2, -0.15) is 0 Å². The SMILES string of the molecule is COC(=O)c1nc(C2CC2)nc(N(Cc2ccccc2)c2ccc(Cl)cc2)c1Cl. The van der Waals surface area contributed by atoms with Crippen molar-refractivity contribution in [3.05, 3.63) is 81.7 Å². The summed E-state index contributed by atoms with van der Waals surface area (Å²) >= 11 is 12.7. The first kappa shape index (κ1) is 19.7. The molecule has 148 valence electrons. The molecule has 0 atom stereocenters. The topological polar surface area (TPSA) is 55.3 Å². The molecule has 0 bridgehead atoms. The lowest BCUT2D eigenvalue weighted by Gasteiger charge is -2.26. The van der Waals surface area contributed by atoms with Gasteiger partial charge in [0.2, 0.25) is 0 Å². The van der Waals surface area contributed by atoms with Gasteiger partial charge in [-0.25, -0.2) is 14.8 Å². The number of rotatable bonds is 6. The first-order valence-electron chi connectivity index (χ1n) is 9.29. The molecule has 3 aromatic rings. The minimum absolute atomic E-state index is 0.0908. The van der Waals surface area contributed by atoms with Gasteiger partial charge in [0.1, 0.15) is 10.8 Å². The van der Waals surface area contributed by atoms with Crippen LogP contribution in [0.5, 0.6) is 0 Å². The van der Waals surface area contributed by atoms with E-state index in [4.69, 9.17) is 32.9 Å². The third kappa shape index (κ3) is 4.36. The standard InChI is InChI=1S/C22H19Cl2N3O2/c1-29-22(28)19-18(24)21(26-20(25-19)15-7-8-15)27(13-14-5-3-2-4-6-14)17-11-9-16(23)10-12-17/h2-6,9-12,15H,7-8,13H2,1H3. The Morgan fingerprint density at radius 3 is 2.38 bits per heavy atom. The number of anilines is 2. The highest BCUT2D eigenvalue weighted by Gasteiger charge is 2.31. The molecule has 29 heavy (non-hydrogen) atoms. The van der Waals surface area contributed by atoms with Crippen LogP contribution in [0.4, 0.5) is 11.5 Å². The molecule has 7 heteroatoms. The number of esters is 1. The van der Waals surface area contributed by atoms with Crippen molar-refractivity contribution >= 4 is 40.7 Å². The Hall–Kier alpha value is -2.63. The van der Waals surface area contributed by atoms with E-state index in [9.17, 15) is 4.79 Å². The maximum atomic E-state index is 12.3. The summed E-state index contributed by atoms with van der Waals surface area (Å²) in [5.41, 5.74) is 2.02. The fourth-order valence-electron chi connectivity index (χ4n) is 3.06. The monoisotopic (exact) mass is 427 g/mol. The Labute approximate surface area is 179 Å². The van der Waals surface area contributed by atoms with Crippen molar-refractivity contribution in [1.82, 2.24) is 9.97 Å². The molecule has 4 rings (SSSR count). The van der Waals surface area contributed by atoms with Crippen LogP contribution in [0.2, 0.25) is 10.0 Å². The zero-order valence-electron chi connectivity index (χ0n) is 15.8. The fraction of sp³-hybridized carbons (Fsp3) is 0.227. The predicted octanol–water partition coefficient (Wildman–Crippen LogP) is 5.79. The smallest absolute Gasteiger partial charge is 0.358 e. The van der Waals surface area contributed by atoms with Crippen LogP contribution in [0.1, 0.15) is 40.6 Å². The summed E-state index contributed by atoms with van der Waals surface area (Å²) in [6.07, 6.45) is 2.00. The van der Waals surface area contributed by atoms with Crippen molar-refractivity contribution in [3.8, 4) is 0 Å². The highest BCUT2D eigenvalue weighted by atomic mass is 35.5. The van der Waals surface area contributed by atoms with E-state index < -0.39 is 5.97 Å². The molecule has 0 spiro atoms. The molecule has 1 fully saturated rings. The number of benzene rings is 2. The zero-order valence-corrected chi connectivity index (χ0v) is 17.3. The van der Waals surface area contributed by atoms with E-state index in [1.165, 1.54) is 7.11 Å². The molecule has 0 saturated heterocycles. The van der Waals surface area contributed by atoms with Crippen LogP contribution < -0.4 is 4.90 Å². The van der Waals surface area contributed by atoms with Crippen molar-refractivity contribution < 1.29 is 9.53 Å². The van der Waals surface area contributed by atoms with E-state index in [1.54, 1.807) is 0 Å². The minimum Gasteiger partial charge on any atom is -0.464 e. The second kappa shape index (κ2) is 8.39. The molecule has 1 aliphatic carbocycles. The largest absolute Gasteiger partial charge is 0.464 e. The van der Waals surface area contributed by atoms with Gasteiger partial charge in [-0.3, -0.25) is 0 Å². The molecule has 1 saturated carbocycles. The van der Waals surface area contributed by atoms with Crippen molar-refractivity contribution in [2.75, 3.05) is 12.0 Å². The lowest BCUT2D eigenvalue weighted by atomic mass is 10.2. The van der Waals surface area contributed by atoms with Crippen LogP contribution in [-0.4, -0.2) is 23.0 Å². The van der Waals surface area contributed by atoms with E-state index in [2.05, 4.69) is 4.98 Å². The number of halogens is 2. The summed E-state index contributed by atoms with van der Waals surface area (Å²) in [6.45, 7) is 0.518. The summed E-state index contributed by atoms with van der Waals surface area (Å²) in [5.74, 6) is 0.779. The summed E-state index contributed by atoms with van der Waals surface area (Å²) < 4.78 is 4.90. The predicted molar refractivity (Wildman–Crippen MR) is 114 cm³/mol. The molecule has 2 aromatic carbocycles. The molecule has 1 heterocycles. The van der Waals surface area contributed by atoms with Gasteiger partial charge >= 0.3 is 5.97 Å². The van der Waals surface area contributed by atoms with Crippen LogP contribution in [0, 0.1) is 0 Å². The zero-order chi connectivity index (χ0) is 20.4. The summed E-state index contributed by atoms with van der Waals surface area (Å²) in [7, 11) is 1.32. The number of carbonyl (C=O) groups is 1. The van der Waals surface area contributed by atoms with Crippen LogP contribution in [0.3, 0.4) is 0 Å². The molecule has 1 aromatic heterocycles. The van der Waals surface area contributed by atoms with Gasteiger partial charge in [0.25, 0.3) is 0 Å². The van der Waals surface area contributed by atoms with Gasteiger partial charge < -0.3 is 9.64 Å². The highest BCUT2D eigenvalue weighted by Crippen LogP contribution is 2.41. The molecule has 0 amide bonds. The molecule has 1 aliphatic rings. The van der Waals surface area contributed by atoms with Crippen molar-refractivity contribution in [1.29, 1.82) is 0 Å². The second-order valence-electron chi connectivity index (χ2n) is 6.88. The number of aromatic nitrogens is 2. The molecule has 0 aliphatic heterocycles. The summed E-state index contributed by atoms with van der Waals surface area (Å²) in [6, 6.07) is 17.4. The quantitative estimate of drug-likeness (QED) is 0.466. The van der Waals surface area contributed by atoms with Gasteiger partial charge in [0.05, 0.1) is 7.11 Å². The molecular weight excluding hydrogens is 409 g/mol. The van der Waals surface area contributed by atoms with E-state index in [-0.39, 0.29) is 16.6 Å². The normalized spacial score (nSPS) is 13.2. The van der Waals surface area contributed by atoms with Gasteiger partial charge in [-0.15, -0.1) is 0 Å². The summed E-state index contributed by atoms with van der Waals surface area (Å²) in [4.78, 5) is 23.4. The number of hydrogen-bond donors (Lipinski definition) is 0. The third-order valence-electron chi connectivity index (χ3n) is 4.75. The van der Waals surface area contributed by atoms with Gasteiger partial charge in [0, 0.05) is 23.2 Å². The van der Waals surface area contributed by atoms with Crippen molar-refractivity contribution in [2.45, 2.75) is 25.3 Å². The summed E-state index contributed by atoms with van der Waals surface area (Å²) in [5, 5.41) is 0.809.